The van der Waals surface area contributed by atoms with Crippen LogP contribution in [0.5, 0.6) is 0 Å². The maximum atomic E-state index is 12.8. The molecule has 0 aliphatic carbocycles. The monoisotopic (exact) mass is 464 g/mol. The van der Waals surface area contributed by atoms with Crippen LogP contribution in [0.3, 0.4) is 0 Å². The largest absolute Gasteiger partial charge is 0.336 e. The van der Waals surface area contributed by atoms with E-state index in [4.69, 9.17) is 0 Å². The smallest absolute Gasteiger partial charge is 0.256 e. The lowest BCUT2D eigenvalue weighted by Crippen LogP contribution is -2.39. The Hall–Kier alpha value is -1.89. The Bertz CT molecular complexity index is 770. The summed E-state index contributed by atoms with van der Waals surface area (Å²) in [6.07, 6.45) is 0. The van der Waals surface area contributed by atoms with Crippen LogP contribution in [0.25, 0.3) is 0 Å². The van der Waals surface area contributed by atoms with E-state index in [-0.39, 0.29) is 17.9 Å². The zero-order chi connectivity index (χ0) is 19.3. The molecule has 4 nitrogen and oxygen atoms in total. The highest BCUT2D eigenvalue weighted by Gasteiger charge is 2.19. The summed E-state index contributed by atoms with van der Waals surface area (Å²) < 4.78 is 0.899. The molecule has 1 N–H and O–H groups in total. The van der Waals surface area contributed by atoms with Gasteiger partial charge in [0.15, 0.2) is 0 Å². The molecule has 2 aromatic rings. The predicted octanol–water partition coefficient (Wildman–Crippen LogP) is 5.05. The second-order valence-corrected chi connectivity index (χ2v) is 8.12. The first kappa shape index (κ1) is 20.4. The number of amides is 2. The number of nitrogens with zero attached hydrogens (tertiary/aromatic N) is 1. The zero-order valence-corrected chi connectivity index (χ0v) is 17.8. The van der Waals surface area contributed by atoms with Crippen LogP contribution < -0.4 is 5.32 Å². The molecule has 0 saturated carbocycles. The lowest BCUT2D eigenvalue weighted by molar-refractivity contribution is 0.0682. The zero-order valence-electron chi connectivity index (χ0n) is 15.6. The quantitative estimate of drug-likeness (QED) is 0.609. The van der Waals surface area contributed by atoms with Crippen LogP contribution in [-0.4, -0.2) is 29.3 Å². The summed E-state index contributed by atoms with van der Waals surface area (Å²) in [5, 5.41) is 2.88. The van der Waals surface area contributed by atoms with E-state index < -0.39 is 0 Å². The summed E-state index contributed by atoms with van der Waals surface area (Å²) in [6.45, 7) is 8.98. The van der Waals surface area contributed by atoms with Gasteiger partial charge < -0.3 is 10.2 Å². The first-order chi connectivity index (χ1) is 12.3. The van der Waals surface area contributed by atoms with E-state index in [1.54, 1.807) is 30.3 Å². The number of hydrogen-bond donors (Lipinski definition) is 1. The van der Waals surface area contributed by atoms with E-state index >= 15 is 0 Å². The highest BCUT2D eigenvalue weighted by atomic mass is 127. The second-order valence-electron chi connectivity index (χ2n) is 6.96. The van der Waals surface area contributed by atoms with Crippen molar-refractivity contribution in [3.05, 3.63) is 63.2 Å². The Balaban J connectivity index is 2.11. The van der Waals surface area contributed by atoms with Crippen LogP contribution >= 0.6 is 22.6 Å². The van der Waals surface area contributed by atoms with E-state index in [1.165, 1.54) is 0 Å². The van der Waals surface area contributed by atoms with Crippen LogP contribution in [0, 0.1) is 9.49 Å². The van der Waals surface area contributed by atoms with E-state index in [1.807, 2.05) is 36.9 Å². The van der Waals surface area contributed by atoms with Gasteiger partial charge in [0.2, 0.25) is 0 Å². The van der Waals surface area contributed by atoms with Crippen LogP contribution in [-0.2, 0) is 0 Å². The maximum absolute atomic E-state index is 12.8. The molecule has 0 aliphatic rings. The van der Waals surface area contributed by atoms with E-state index in [9.17, 15) is 9.59 Å². The van der Waals surface area contributed by atoms with Gasteiger partial charge in [0.1, 0.15) is 0 Å². The average molecular weight is 464 g/mol. The molecule has 0 aliphatic heterocycles. The van der Waals surface area contributed by atoms with Crippen molar-refractivity contribution in [2.24, 2.45) is 5.92 Å². The van der Waals surface area contributed by atoms with Gasteiger partial charge in [0.25, 0.3) is 11.8 Å². The van der Waals surface area contributed by atoms with Gasteiger partial charge in [-0.25, -0.2) is 0 Å². The Morgan fingerprint density at radius 1 is 1.00 bits per heavy atom. The van der Waals surface area contributed by atoms with E-state index in [0.29, 0.717) is 22.7 Å². The molecule has 0 unspecified atom stereocenters. The molecular formula is C21H25IN2O2. The maximum Gasteiger partial charge on any atom is 0.256 e. The summed E-state index contributed by atoms with van der Waals surface area (Å²) in [5.74, 6) is 0.273. The fraction of sp³-hybridized carbons (Fsp3) is 0.333. The minimum Gasteiger partial charge on any atom is -0.336 e. The van der Waals surface area contributed by atoms with Gasteiger partial charge in [-0.15, -0.1) is 0 Å². The van der Waals surface area contributed by atoms with Gasteiger partial charge in [-0.1, -0.05) is 26.0 Å². The molecule has 138 valence electrons. The minimum atomic E-state index is -0.155. The second kappa shape index (κ2) is 9.16. The molecule has 0 atom stereocenters. The van der Waals surface area contributed by atoms with Gasteiger partial charge >= 0.3 is 0 Å². The Kier molecular flexibility index (Phi) is 7.20. The number of hydrogen-bond acceptors (Lipinski definition) is 2. The van der Waals surface area contributed by atoms with E-state index in [2.05, 4.69) is 41.8 Å². The van der Waals surface area contributed by atoms with Crippen molar-refractivity contribution in [2.45, 2.75) is 33.7 Å². The van der Waals surface area contributed by atoms with Gasteiger partial charge in [0, 0.05) is 27.4 Å². The Morgan fingerprint density at radius 2 is 1.62 bits per heavy atom. The van der Waals surface area contributed by atoms with Crippen LogP contribution in [0.15, 0.2) is 48.5 Å². The van der Waals surface area contributed by atoms with Crippen molar-refractivity contribution < 1.29 is 9.59 Å². The van der Waals surface area contributed by atoms with Gasteiger partial charge in [-0.05, 0) is 78.8 Å². The number of anilines is 1. The number of halogens is 1. The topological polar surface area (TPSA) is 49.4 Å². The summed E-state index contributed by atoms with van der Waals surface area (Å²) in [4.78, 5) is 27.0. The molecule has 0 radical (unpaired) electrons. The van der Waals surface area contributed by atoms with Crippen LogP contribution in [0.1, 0.15) is 48.4 Å². The van der Waals surface area contributed by atoms with Crippen molar-refractivity contribution in [2.75, 3.05) is 11.9 Å². The first-order valence-electron chi connectivity index (χ1n) is 8.76. The molecule has 2 aromatic carbocycles. The average Bonchev–Trinajstić information content (AvgIpc) is 2.59. The fourth-order valence-electron chi connectivity index (χ4n) is 2.63. The Morgan fingerprint density at radius 3 is 2.15 bits per heavy atom. The third-order valence-corrected chi connectivity index (χ3v) is 4.89. The van der Waals surface area contributed by atoms with Crippen LogP contribution in [0.4, 0.5) is 5.69 Å². The summed E-state index contributed by atoms with van der Waals surface area (Å²) >= 11 is 2.14. The third kappa shape index (κ3) is 5.30. The summed E-state index contributed by atoms with van der Waals surface area (Å²) in [6, 6.07) is 14.7. The number of carbonyl (C=O) groups is 2. The normalized spacial score (nSPS) is 10.9. The van der Waals surface area contributed by atoms with Gasteiger partial charge in [-0.3, -0.25) is 9.59 Å². The molecule has 26 heavy (non-hydrogen) atoms. The van der Waals surface area contributed by atoms with Crippen molar-refractivity contribution in [3.63, 3.8) is 0 Å². The predicted molar refractivity (Wildman–Crippen MR) is 115 cm³/mol. The lowest BCUT2D eigenvalue weighted by atomic mass is 10.1. The third-order valence-electron chi connectivity index (χ3n) is 3.95. The molecule has 2 rings (SSSR count). The standard InChI is InChI=1S/C21H25IN2O2/c1-14(2)13-24(15(3)4)21(26)16-9-11-17(12-10-16)23-20(25)18-7-5-6-8-19(18)22/h5-12,14-15H,13H2,1-4H3,(H,23,25). The van der Waals surface area contributed by atoms with Crippen molar-refractivity contribution >= 4 is 40.1 Å². The highest BCUT2D eigenvalue weighted by Crippen LogP contribution is 2.17. The lowest BCUT2D eigenvalue weighted by Gasteiger charge is -2.28. The highest BCUT2D eigenvalue weighted by molar-refractivity contribution is 14.1. The molecule has 0 saturated heterocycles. The first-order valence-corrected chi connectivity index (χ1v) is 9.84. The Labute approximate surface area is 169 Å². The number of rotatable bonds is 6. The van der Waals surface area contributed by atoms with E-state index in [0.717, 1.165) is 10.1 Å². The number of nitrogens with one attached hydrogen (secondary N) is 1. The van der Waals surface area contributed by atoms with Crippen molar-refractivity contribution in [3.8, 4) is 0 Å². The van der Waals surface area contributed by atoms with Crippen LogP contribution in [0.2, 0.25) is 0 Å². The molecule has 0 spiro atoms. The van der Waals surface area contributed by atoms with Crippen molar-refractivity contribution in [1.29, 1.82) is 0 Å². The molecule has 5 heteroatoms. The van der Waals surface area contributed by atoms with Gasteiger partial charge in [0.05, 0.1) is 5.56 Å². The fourth-order valence-corrected chi connectivity index (χ4v) is 3.26. The summed E-state index contributed by atoms with van der Waals surface area (Å²) in [5.41, 5.74) is 1.94. The molecule has 2 amide bonds. The van der Waals surface area contributed by atoms with Crippen molar-refractivity contribution in [1.82, 2.24) is 4.90 Å². The molecule has 0 fully saturated rings. The minimum absolute atomic E-state index is 0.0178. The van der Waals surface area contributed by atoms with Gasteiger partial charge in [-0.2, -0.15) is 0 Å². The molecular weight excluding hydrogens is 439 g/mol. The molecule has 0 aromatic heterocycles. The molecule has 0 heterocycles. The SMILES string of the molecule is CC(C)CN(C(=O)c1ccc(NC(=O)c2ccccc2I)cc1)C(C)C. The summed E-state index contributed by atoms with van der Waals surface area (Å²) in [7, 11) is 0. The molecule has 0 bridgehead atoms. The number of carbonyl (C=O) groups excluding carboxylic acids is 2. The number of benzene rings is 2.